The molecule has 1 aromatic carbocycles. The Bertz CT molecular complexity index is 668. The van der Waals surface area contributed by atoms with Crippen molar-refractivity contribution in [3.8, 4) is 11.6 Å². The van der Waals surface area contributed by atoms with Crippen molar-refractivity contribution in [3.05, 3.63) is 38.5 Å². The normalized spacial score (nSPS) is 12.5. The minimum Gasteiger partial charge on any atom is -0.437 e. The number of ether oxygens (including phenoxy) is 1. The molecule has 2 aromatic rings. The summed E-state index contributed by atoms with van der Waals surface area (Å²) in [5.41, 5.74) is 7.71. The third-order valence-corrected chi connectivity index (χ3v) is 4.01. The van der Waals surface area contributed by atoms with Crippen LogP contribution in [0.5, 0.6) is 11.6 Å². The van der Waals surface area contributed by atoms with E-state index in [-0.39, 0.29) is 6.04 Å². The van der Waals surface area contributed by atoms with Crippen molar-refractivity contribution >= 4 is 34.8 Å². The van der Waals surface area contributed by atoms with Crippen LogP contribution in [0.15, 0.2) is 12.1 Å². The minimum absolute atomic E-state index is 0.000437. The van der Waals surface area contributed by atoms with Gasteiger partial charge in [0.05, 0.1) is 20.8 Å². The molecule has 0 spiro atoms. The van der Waals surface area contributed by atoms with Crippen molar-refractivity contribution in [2.75, 3.05) is 0 Å². The monoisotopic (exact) mass is 347 g/mol. The molecule has 2 rings (SSSR count). The molecule has 0 fully saturated rings. The molecule has 0 radical (unpaired) electrons. The maximum absolute atomic E-state index is 6.15. The fourth-order valence-electron chi connectivity index (χ4n) is 2.05. The number of halogens is 3. The quantitative estimate of drug-likeness (QED) is 0.835. The summed E-state index contributed by atoms with van der Waals surface area (Å²) in [6.45, 7) is 3.85. The molecule has 0 bridgehead atoms. The Morgan fingerprint density at radius 2 is 1.86 bits per heavy atom. The minimum atomic E-state index is -0.000437. The second-order valence-electron chi connectivity index (χ2n) is 4.97. The molecular formula is C14H16Cl3N3O. The van der Waals surface area contributed by atoms with Crippen LogP contribution in [-0.2, 0) is 13.5 Å². The molecule has 0 aliphatic carbocycles. The van der Waals surface area contributed by atoms with Gasteiger partial charge in [-0.25, -0.2) is 4.68 Å². The van der Waals surface area contributed by atoms with E-state index in [1.807, 2.05) is 13.8 Å². The van der Waals surface area contributed by atoms with Gasteiger partial charge in [-0.1, -0.05) is 34.8 Å². The van der Waals surface area contributed by atoms with Crippen LogP contribution >= 0.6 is 34.8 Å². The first-order valence-electron chi connectivity index (χ1n) is 6.40. The lowest BCUT2D eigenvalue weighted by Gasteiger charge is -2.12. The first-order chi connectivity index (χ1) is 9.79. The van der Waals surface area contributed by atoms with Crippen LogP contribution in [0.25, 0.3) is 0 Å². The zero-order valence-electron chi connectivity index (χ0n) is 12.0. The molecule has 21 heavy (non-hydrogen) atoms. The van der Waals surface area contributed by atoms with Crippen LogP contribution in [0.1, 0.15) is 18.2 Å². The topological polar surface area (TPSA) is 53.1 Å². The van der Waals surface area contributed by atoms with E-state index < -0.39 is 0 Å². The summed E-state index contributed by atoms with van der Waals surface area (Å²) in [7, 11) is 1.80. The van der Waals surface area contributed by atoms with Gasteiger partial charge in [-0.15, -0.1) is 0 Å². The molecule has 0 aliphatic heterocycles. The molecule has 0 saturated heterocycles. The number of aromatic nitrogens is 2. The number of hydrogen-bond donors (Lipinski definition) is 1. The van der Waals surface area contributed by atoms with E-state index in [9.17, 15) is 0 Å². The van der Waals surface area contributed by atoms with E-state index >= 15 is 0 Å². The SMILES string of the molecule is Cc1nn(C)c(Oc2cc(Cl)c(Cl)cc2Cl)c1CC(C)N. The largest absolute Gasteiger partial charge is 0.437 e. The Kier molecular flexibility index (Phi) is 5.04. The van der Waals surface area contributed by atoms with Gasteiger partial charge in [0.2, 0.25) is 5.88 Å². The highest BCUT2D eigenvalue weighted by molar-refractivity contribution is 6.43. The summed E-state index contributed by atoms with van der Waals surface area (Å²) in [6, 6.07) is 3.14. The number of benzene rings is 1. The average Bonchev–Trinajstić information content (AvgIpc) is 2.62. The van der Waals surface area contributed by atoms with Gasteiger partial charge in [0.15, 0.2) is 0 Å². The van der Waals surface area contributed by atoms with Crippen molar-refractivity contribution in [3.63, 3.8) is 0 Å². The fraction of sp³-hybridized carbons (Fsp3) is 0.357. The van der Waals surface area contributed by atoms with Crippen LogP contribution in [0.4, 0.5) is 0 Å². The number of nitrogens with zero attached hydrogens (tertiary/aromatic N) is 2. The highest BCUT2D eigenvalue weighted by atomic mass is 35.5. The zero-order valence-corrected chi connectivity index (χ0v) is 14.2. The molecule has 4 nitrogen and oxygen atoms in total. The Morgan fingerprint density at radius 3 is 2.48 bits per heavy atom. The highest BCUT2D eigenvalue weighted by Crippen LogP contribution is 2.37. The van der Waals surface area contributed by atoms with Gasteiger partial charge in [-0.05, 0) is 26.3 Å². The summed E-state index contributed by atoms with van der Waals surface area (Å²) in [4.78, 5) is 0. The van der Waals surface area contributed by atoms with Crippen molar-refractivity contribution in [1.29, 1.82) is 0 Å². The van der Waals surface area contributed by atoms with E-state index in [0.29, 0.717) is 33.1 Å². The van der Waals surface area contributed by atoms with Crippen LogP contribution in [0, 0.1) is 6.92 Å². The molecule has 1 atom stereocenters. The predicted octanol–water partition coefficient (Wildman–Crippen LogP) is 4.37. The predicted molar refractivity (Wildman–Crippen MR) is 86.8 cm³/mol. The Morgan fingerprint density at radius 1 is 1.24 bits per heavy atom. The second kappa shape index (κ2) is 6.44. The second-order valence-corrected chi connectivity index (χ2v) is 6.19. The van der Waals surface area contributed by atoms with Gasteiger partial charge in [0.25, 0.3) is 0 Å². The van der Waals surface area contributed by atoms with Crippen LogP contribution in [0.3, 0.4) is 0 Å². The average molecular weight is 349 g/mol. The fourth-order valence-corrected chi connectivity index (χ4v) is 2.63. The lowest BCUT2D eigenvalue weighted by Crippen LogP contribution is -2.18. The summed E-state index contributed by atoms with van der Waals surface area (Å²) in [5.74, 6) is 1.03. The van der Waals surface area contributed by atoms with Crippen LogP contribution in [0.2, 0.25) is 15.1 Å². The van der Waals surface area contributed by atoms with E-state index in [2.05, 4.69) is 5.10 Å². The standard InChI is InChI=1S/C14H16Cl3N3O/c1-7(18)4-9-8(2)19-20(3)14(9)21-13-6-11(16)10(15)5-12(13)17/h5-7H,4,18H2,1-3H3. The lowest BCUT2D eigenvalue weighted by atomic mass is 10.1. The number of aryl methyl sites for hydroxylation is 2. The van der Waals surface area contributed by atoms with E-state index in [1.54, 1.807) is 23.9 Å². The first-order valence-corrected chi connectivity index (χ1v) is 7.53. The van der Waals surface area contributed by atoms with Crippen molar-refractivity contribution in [1.82, 2.24) is 9.78 Å². The third kappa shape index (κ3) is 3.64. The molecule has 2 N–H and O–H groups in total. The van der Waals surface area contributed by atoms with Gasteiger partial charge in [0, 0.05) is 24.7 Å². The van der Waals surface area contributed by atoms with E-state index in [0.717, 1.165) is 11.3 Å². The molecule has 0 aliphatic rings. The molecule has 0 saturated carbocycles. The number of hydrogen-bond acceptors (Lipinski definition) is 3. The molecule has 0 amide bonds. The molecular weight excluding hydrogens is 333 g/mol. The zero-order chi connectivity index (χ0) is 15.7. The van der Waals surface area contributed by atoms with Crippen molar-refractivity contribution in [2.45, 2.75) is 26.3 Å². The Hall–Kier alpha value is -0.940. The summed E-state index contributed by atoms with van der Waals surface area (Å²) in [6.07, 6.45) is 0.661. The molecule has 114 valence electrons. The van der Waals surface area contributed by atoms with Gasteiger partial charge >= 0.3 is 0 Å². The molecule has 1 unspecified atom stereocenters. The number of rotatable bonds is 4. The smallest absolute Gasteiger partial charge is 0.221 e. The van der Waals surface area contributed by atoms with Gasteiger partial charge in [-0.3, -0.25) is 0 Å². The van der Waals surface area contributed by atoms with Crippen LogP contribution in [-0.4, -0.2) is 15.8 Å². The maximum atomic E-state index is 6.15. The summed E-state index contributed by atoms with van der Waals surface area (Å²) in [5, 5.41) is 5.51. The van der Waals surface area contributed by atoms with Gasteiger partial charge in [-0.2, -0.15) is 5.10 Å². The van der Waals surface area contributed by atoms with Gasteiger partial charge in [0.1, 0.15) is 5.75 Å². The summed E-state index contributed by atoms with van der Waals surface area (Å²) >= 11 is 18.1. The first kappa shape index (κ1) is 16.4. The summed E-state index contributed by atoms with van der Waals surface area (Å²) < 4.78 is 7.56. The Balaban J connectivity index is 2.42. The molecule has 1 aromatic heterocycles. The van der Waals surface area contributed by atoms with Crippen LogP contribution < -0.4 is 10.5 Å². The van der Waals surface area contributed by atoms with E-state index in [1.165, 1.54) is 0 Å². The molecule has 1 heterocycles. The lowest BCUT2D eigenvalue weighted by molar-refractivity contribution is 0.424. The van der Waals surface area contributed by atoms with Gasteiger partial charge < -0.3 is 10.5 Å². The maximum Gasteiger partial charge on any atom is 0.221 e. The van der Waals surface area contributed by atoms with E-state index in [4.69, 9.17) is 45.3 Å². The van der Waals surface area contributed by atoms with Crippen molar-refractivity contribution < 1.29 is 4.74 Å². The Labute approximate surface area is 138 Å². The molecule has 7 heteroatoms. The van der Waals surface area contributed by atoms with Crippen molar-refractivity contribution in [2.24, 2.45) is 12.8 Å². The third-order valence-electron chi connectivity index (χ3n) is 3.00. The highest BCUT2D eigenvalue weighted by Gasteiger charge is 2.18. The number of nitrogens with two attached hydrogens (primary N) is 1.